The molecule has 0 saturated carbocycles. The fraction of sp³-hybridized carbons (Fsp3) is 0.357. The summed E-state index contributed by atoms with van der Waals surface area (Å²) >= 11 is 0. The number of amides is 1. The van der Waals surface area contributed by atoms with Crippen molar-refractivity contribution in [3.63, 3.8) is 0 Å². The molecule has 0 unspecified atom stereocenters. The second kappa shape index (κ2) is 6.19. The van der Waals surface area contributed by atoms with Crippen LogP contribution in [0.1, 0.15) is 12.8 Å². The zero-order valence-electron chi connectivity index (χ0n) is 11.0. The number of aliphatic hydroxyl groups excluding tert-OH is 1. The van der Waals surface area contributed by atoms with Crippen molar-refractivity contribution in [2.24, 2.45) is 0 Å². The molecule has 0 radical (unpaired) electrons. The van der Waals surface area contributed by atoms with Crippen LogP contribution in [0.5, 0.6) is 0 Å². The number of rotatable bonds is 4. The van der Waals surface area contributed by atoms with Gasteiger partial charge in [0.1, 0.15) is 0 Å². The molecule has 1 fully saturated rings. The summed E-state index contributed by atoms with van der Waals surface area (Å²) in [6, 6.07) is 7.75. The Labute approximate surface area is 118 Å². The summed E-state index contributed by atoms with van der Waals surface area (Å²) < 4.78 is 24.0. The highest BCUT2D eigenvalue weighted by Crippen LogP contribution is 2.17. The van der Waals surface area contributed by atoms with Gasteiger partial charge in [0.25, 0.3) is 0 Å². The number of sulfone groups is 1. The first kappa shape index (κ1) is 14.7. The Morgan fingerprint density at radius 3 is 2.70 bits per heavy atom. The number of aliphatic hydroxyl groups is 1. The second-order valence-electron chi connectivity index (χ2n) is 4.67. The molecule has 0 spiro atoms. The molecule has 1 atom stereocenters. The van der Waals surface area contributed by atoms with Crippen LogP contribution < -0.4 is 0 Å². The van der Waals surface area contributed by atoms with Gasteiger partial charge in [-0.25, -0.2) is 8.42 Å². The van der Waals surface area contributed by atoms with Crippen LogP contribution in [0, 0.1) is 0 Å². The number of carbonyl (C=O) groups excluding carboxylic acids is 1. The second-order valence-corrected chi connectivity index (χ2v) is 6.50. The Morgan fingerprint density at radius 1 is 1.35 bits per heavy atom. The first-order chi connectivity index (χ1) is 9.54. The average Bonchev–Trinajstić information content (AvgIpc) is 2.94. The fourth-order valence-electron chi connectivity index (χ4n) is 2.25. The van der Waals surface area contributed by atoms with E-state index in [1.165, 1.54) is 17.0 Å². The van der Waals surface area contributed by atoms with Crippen molar-refractivity contribution in [1.82, 2.24) is 4.90 Å². The zero-order chi connectivity index (χ0) is 14.6. The van der Waals surface area contributed by atoms with Crippen molar-refractivity contribution >= 4 is 15.7 Å². The predicted molar refractivity (Wildman–Crippen MR) is 74.6 cm³/mol. The smallest absolute Gasteiger partial charge is 0.247 e. The van der Waals surface area contributed by atoms with Crippen molar-refractivity contribution in [3.8, 4) is 0 Å². The Morgan fingerprint density at radius 2 is 2.05 bits per heavy atom. The van der Waals surface area contributed by atoms with Gasteiger partial charge in [0.05, 0.1) is 17.5 Å². The van der Waals surface area contributed by atoms with Crippen LogP contribution in [0.2, 0.25) is 0 Å². The van der Waals surface area contributed by atoms with Crippen LogP contribution in [-0.4, -0.2) is 43.5 Å². The highest BCUT2D eigenvalue weighted by Gasteiger charge is 2.26. The highest BCUT2D eigenvalue weighted by molar-refractivity contribution is 7.94. The molecule has 5 nitrogen and oxygen atoms in total. The third-order valence-electron chi connectivity index (χ3n) is 3.33. The molecule has 20 heavy (non-hydrogen) atoms. The minimum atomic E-state index is -3.60. The normalized spacial score (nSPS) is 19.6. The maximum Gasteiger partial charge on any atom is 0.247 e. The third-order valence-corrected chi connectivity index (χ3v) is 4.76. The first-order valence-electron chi connectivity index (χ1n) is 6.44. The quantitative estimate of drug-likeness (QED) is 0.840. The molecular weight excluding hydrogens is 278 g/mol. The van der Waals surface area contributed by atoms with Crippen molar-refractivity contribution in [2.75, 3.05) is 13.2 Å². The van der Waals surface area contributed by atoms with E-state index in [4.69, 9.17) is 5.11 Å². The lowest BCUT2D eigenvalue weighted by molar-refractivity contribution is -0.127. The minimum absolute atomic E-state index is 0.0922. The molecule has 1 N–H and O–H groups in total. The predicted octanol–water partition coefficient (Wildman–Crippen LogP) is 0.957. The fourth-order valence-corrected chi connectivity index (χ4v) is 3.24. The van der Waals surface area contributed by atoms with E-state index in [0.717, 1.165) is 24.3 Å². The molecule has 1 amide bonds. The van der Waals surface area contributed by atoms with Gasteiger partial charge in [-0.05, 0) is 25.0 Å². The SMILES string of the molecule is O=C(C=CS(=O)(=O)c1ccccc1)N1CCC[C@H]1CO. The lowest BCUT2D eigenvalue weighted by atomic mass is 10.2. The van der Waals surface area contributed by atoms with Crippen LogP contribution in [-0.2, 0) is 14.6 Å². The Hall–Kier alpha value is -1.66. The molecule has 6 heteroatoms. The molecule has 1 heterocycles. The van der Waals surface area contributed by atoms with Gasteiger partial charge in [0.2, 0.25) is 5.91 Å². The average molecular weight is 295 g/mol. The molecule has 1 aromatic rings. The van der Waals surface area contributed by atoms with Crippen molar-refractivity contribution < 1.29 is 18.3 Å². The Kier molecular flexibility index (Phi) is 4.57. The van der Waals surface area contributed by atoms with E-state index in [2.05, 4.69) is 0 Å². The molecule has 0 bridgehead atoms. The molecule has 1 aromatic carbocycles. The van der Waals surface area contributed by atoms with Gasteiger partial charge in [-0.1, -0.05) is 18.2 Å². The number of likely N-dealkylation sites (tertiary alicyclic amines) is 1. The van der Waals surface area contributed by atoms with Gasteiger partial charge in [0.15, 0.2) is 9.84 Å². The molecule has 1 aliphatic rings. The largest absolute Gasteiger partial charge is 0.394 e. The zero-order valence-corrected chi connectivity index (χ0v) is 11.8. The van der Waals surface area contributed by atoms with E-state index in [9.17, 15) is 13.2 Å². The van der Waals surface area contributed by atoms with Crippen LogP contribution >= 0.6 is 0 Å². The van der Waals surface area contributed by atoms with Crippen molar-refractivity contribution in [1.29, 1.82) is 0 Å². The number of benzene rings is 1. The van der Waals surface area contributed by atoms with E-state index < -0.39 is 9.84 Å². The molecule has 1 saturated heterocycles. The topological polar surface area (TPSA) is 74.7 Å². The highest BCUT2D eigenvalue weighted by atomic mass is 32.2. The number of carbonyl (C=O) groups is 1. The van der Waals surface area contributed by atoms with Crippen LogP contribution in [0.25, 0.3) is 0 Å². The van der Waals surface area contributed by atoms with Crippen LogP contribution in [0.15, 0.2) is 46.7 Å². The van der Waals surface area contributed by atoms with E-state index in [-0.39, 0.29) is 23.5 Å². The van der Waals surface area contributed by atoms with Gasteiger partial charge < -0.3 is 10.0 Å². The van der Waals surface area contributed by atoms with Gasteiger partial charge in [-0.2, -0.15) is 0 Å². The van der Waals surface area contributed by atoms with E-state index in [0.29, 0.717) is 6.54 Å². The summed E-state index contributed by atoms with van der Waals surface area (Å²) in [7, 11) is -3.60. The maximum atomic E-state index is 12.0. The number of hydrogen-bond donors (Lipinski definition) is 1. The number of nitrogens with zero attached hydrogens (tertiary/aromatic N) is 1. The molecule has 0 aromatic heterocycles. The lowest BCUT2D eigenvalue weighted by Crippen LogP contribution is -2.36. The van der Waals surface area contributed by atoms with Gasteiger partial charge in [-0.3, -0.25) is 4.79 Å². The van der Waals surface area contributed by atoms with Crippen molar-refractivity contribution in [2.45, 2.75) is 23.8 Å². The van der Waals surface area contributed by atoms with E-state index >= 15 is 0 Å². The Balaban J connectivity index is 2.11. The summed E-state index contributed by atoms with van der Waals surface area (Å²) in [6.07, 6.45) is 2.65. The Bertz CT molecular complexity index is 595. The lowest BCUT2D eigenvalue weighted by Gasteiger charge is -2.21. The summed E-state index contributed by atoms with van der Waals surface area (Å²) in [5.41, 5.74) is 0. The van der Waals surface area contributed by atoms with Crippen LogP contribution in [0.3, 0.4) is 0 Å². The molecular formula is C14H17NO4S. The molecule has 2 rings (SSSR count). The van der Waals surface area contributed by atoms with Gasteiger partial charge >= 0.3 is 0 Å². The third kappa shape index (κ3) is 3.26. The van der Waals surface area contributed by atoms with Gasteiger partial charge in [0, 0.05) is 18.0 Å². The van der Waals surface area contributed by atoms with Gasteiger partial charge in [-0.15, -0.1) is 0 Å². The summed E-state index contributed by atoms with van der Waals surface area (Å²) in [5.74, 6) is -0.374. The summed E-state index contributed by atoms with van der Waals surface area (Å²) in [5, 5.41) is 10.1. The minimum Gasteiger partial charge on any atom is -0.394 e. The van der Waals surface area contributed by atoms with E-state index in [1.807, 2.05) is 0 Å². The monoisotopic (exact) mass is 295 g/mol. The number of hydrogen-bond acceptors (Lipinski definition) is 4. The molecule has 0 aliphatic carbocycles. The van der Waals surface area contributed by atoms with Crippen LogP contribution in [0.4, 0.5) is 0 Å². The van der Waals surface area contributed by atoms with Crippen molar-refractivity contribution in [3.05, 3.63) is 41.8 Å². The summed E-state index contributed by atoms with van der Waals surface area (Å²) in [6.45, 7) is 0.463. The summed E-state index contributed by atoms with van der Waals surface area (Å²) in [4.78, 5) is 13.6. The first-order valence-corrected chi connectivity index (χ1v) is 7.99. The van der Waals surface area contributed by atoms with E-state index in [1.54, 1.807) is 18.2 Å². The molecule has 108 valence electrons. The standard InChI is InChI=1S/C14H17NO4S/c16-11-12-5-4-9-15(12)14(17)8-10-20(18,19)13-6-2-1-3-7-13/h1-3,6-8,10,12,16H,4-5,9,11H2/t12-/m0/s1. The molecule has 1 aliphatic heterocycles. The maximum absolute atomic E-state index is 12.0.